The van der Waals surface area contributed by atoms with Crippen molar-refractivity contribution in [3.05, 3.63) is 0 Å². The molecule has 0 saturated carbocycles. The maximum Gasteiger partial charge on any atom is 0.211 e. The van der Waals surface area contributed by atoms with Crippen LogP contribution in [0.25, 0.3) is 0 Å². The van der Waals surface area contributed by atoms with Gasteiger partial charge < -0.3 is 34.4 Å². The van der Waals surface area contributed by atoms with Gasteiger partial charge in [0, 0.05) is 13.1 Å². The third kappa shape index (κ3) is 7.65. The quantitative estimate of drug-likeness (QED) is 0.0796. The summed E-state index contributed by atoms with van der Waals surface area (Å²) >= 11 is 9.43. The van der Waals surface area contributed by atoms with E-state index in [1.807, 2.05) is 0 Å². The van der Waals surface area contributed by atoms with Crippen molar-refractivity contribution in [2.45, 2.75) is 0 Å². The molecule has 0 amide bonds. The standard InChI is InChI=1S/C7H22N16S2/c8-4(9)16-22(18-14-6(12)24)20-1-2-21(3-20)23(17-5(10)11)19-15-7(13)25/h18-19H,1-3H2,(H4,8,9,16)(H4,10,11,17)(H3,12,14,24)(H3,13,15,25). The minimum absolute atomic E-state index is 0.00342. The lowest BCUT2D eigenvalue weighted by molar-refractivity contribution is -0.119. The van der Waals surface area contributed by atoms with Crippen molar-refractivity contribution in [1.29, 1.82) is 0 Å². The van der Waals surface area contributed by atoms with E-state index in [2.05, 4.69) is 32.1 Å². The number of hydrogen-bond donors (Lipinski definition) is 10. The smallest absolute Gasteiger partial charge is 0.211 e. The summed E-state index contributed by atoms with van der Waals surface area (Å²) in [4.78, 5) is 0. The van der Waals surface area contributed by atoms with Gasteiger partial charge in [0.2, 0.25) is 11.9 Å². The molecule has 1 aliphatic rings. The van der Waals surface area contributed by atoms with E-state index < -0.39 is 0 Å². The van der Waals surface area contributed by atoms with Crippen LogP contribution in [0.3, 0.4) is 0 Å². The summed E-state index contributed by atoms with van der Waals surface area (Å²) in [6, 6.07) is 0. The van der Waals surface area contributed by atoms with Crippen molar-refractivity contribution in [3.63, 3.8) is 0 Å². The lowest BCUT2D eigenvalue weighted by atomic mass is 10.7. The van der Waals surface area contributed by atoms with Crippen LogP contribution in [0.1, 0.15) is 0 Å². The number of hydrazone groups is 2. The molecule has 142 valence electrons. The Balaban J connectivity index is 2.78. The molecular weight excluding hydrogens is 372 g/mol. The number of nitrogens with one attached hydrogen (secondary N) is 4. The largest absolute Gasteiger partial charge is 0.375 e. The first kappa shape index (κ1) is 20.4. The van der Waals surface area contributed by atoms with E-state index in [1.165, 1.54) is 10.5 Å². The number of thiocarbonyl (C=S) groups is 2. The Labute approximate surface area is 153 Å². The van der Waals surface area contributed by atoms with Crippen molar-refractivity contribution in [2.75, 3.05) is 19.8 Å². The highest BCUT2D eigenvalue weighted by atomic mass is 32.1. The van der Waals surface area contributed by atoms with Crippen LogP contribution >= 0.6 is 24.4 Å². The van der Waals surface area contributed by atoms with Crippen LogP contribution in [0.15, 0.2) is 10.2 Å². The fraction of sp³-hybridized carbons (Fsp3) is 0.429. The fourth-order valence-electron chi connectivity index (χ4n) is 1.62. The van der Waals surface area contributed by atoms with Crippen molar-refractivity contribution < 1.29 is 0 Å². The molecule has 0 unspecified atom stereocenters. The molecule has 16 N–H and O–H groups in total. The topological polar surface area (TPSA) is 242 Å². The normalized spacial score (nSPS) is 14.4. The SMILES string of the molecule is NC(=S)NNN(N=C(N)N)N1CCN(N(N=C(N)N)NNC(N)=S)C1. The van der Waals surface area contributed by atoms with Crippen LogP contribution in [0.5, 0.6) is 0 Å². The van der Waals surface area contributed by atoms with Gasteiger partial charge in [0.25, 0.3) is 0 Å². The van der Waals surface area contributed by atoms with Gasteiger partial charge in [-0.05, 0) is 24.4 Å². The monoisotopic (exact) mass is 394 g/mol. The van der Waals surface area contributed by atoms with E-state index in [9.17, 15) is 0 Å². The van der Waals surface area contributed by atoms with E-state index in [0.717, 1.165) is 0 Å². The van der Waals surface area contributed by atoms with E-state index in [4.69, 9.17) is 58.8 Å². The molecule has 16 nitrogen and oxygen atoms in total. The Morgan fingerprint density at radius 2 is 1.12 bits per heavy atom. The zero-order chi connectivity index (χ0) is 19.0. The number of hydrogen-bond acceptors (Lipinski definition) is 10. The molecule has 25 heavy (non-hydrogen) atoms. The average Bonchev–Trinajstić information content (AvgIpc) is 2.96. The molecule has 0 atom stereocenters. The predicted molar refractivity (Wildman–Crippen MR) is 99.7 cm³/mol. The van der Waals surface area contributed by atoms with Gasteiger partial charge in [-0.1, -0.05) is 0 Å². The second-order valence-corrected chi connectivity index (χ2v) is 5.31. The molecule has 1 rings (SSSR count). The summed E-state index contributed by atoms with van der Waals surface area (Å²) in [6.45, 7) is 1.22. The maximum atomic E-state index is 5.41. The van der Waals surface area contributed by atoms with Crippen LogP contribution in [0.4, 0.5) is 0 Å². The molecule has 18 heteroatoms. The Hall–Kier alpha value is -2.64. The number of guanidine groups is 2. The van der Waals surface area contributed by atoms with Gasteiger partial charge in [0.1, 0.15) is 0 Å². The highest BCUT2D eigenvalue weighted by Crippen LogP contribution is 2.09. The number of nitrogens with two attached hydrogens (primary N) is 6. The second-order valence-electron chi connectivity index (χ2n) is 4.43. The summed E-state index contributed by atoms with van der Waals surface area (Å²) in [5.41, 5.74) is 42.6. The first-order chi connectivity index (χ1) is 11.7. The summed E-state index contributed by atoms with van der Waals surface area (Å²) in [7, 11) is 0. The number of hydrazine groups is 6. The van der Waals surface area contributed by atoms with Gasteiger partial charge >= 0.3 is 0 Å². The van der Waals surface area contributed by atoms with Crippen molar-refractivity contribution in [1.82, 2.24) is 42.4 Å². The van der Waals surface area contributed by atoms with Gasteiger partial charge in [-0.25, -0.2) is 0 Å². The summed E-state index contributed by atoms with van der Waals surface area (Å²) in [5, 5.41) is 13.6. The Bertz CT molecular complexity index is 479. The second kappa shape index (κ2) is 9.61. The Morgan fingerprint density at radius 3 is 1.40 bits per heavy atom. The summed E-state index contributed by atoms with van der Waals surface area (Å²) < 4.78 is 0. The van der Waals surface area contributed by atoms with Crippen LogP contribution in [0.2, 0.25) is 0 Å². The van der Waals surface area contributed by atoms with Gasteiger partial charge in [0.05, 0.1) is 6.67 Å². The number of rotatable bonds is 8. The van der Waals surface area contributed by atoms with Crippen LogP contribution in [-0.4, -0.2) is 62.4 Å². The van der Waals surface area contributed by atoms with E-state index in [-0.39, 0.29) is 28.8 Å². The lowest BCUT2D eigenvalue weighted by Crippen LogP contribution is -2.59. The molecule has 1 fully saturated rings. The molecule has 0 spiro atoms. The maximum absolute atomic E-state index is 5.41. The lowest BCUT2D eigenvalue weighted by Gasteiger charge is -2.31. The highest BCUT2D eigenvalue weighted by Gasteiger charge is 2.29. The van der Waals surface area contributed by atoms with Gasteiger partial charge in [-0.2, -0.15) is 10.0 Å². The average molecular weight is 394 g/mol. The molecule has 1 saturated heterocycles. The summed E-state index contributed by atoms with van der Waals surface area (Å²) in [5.74, 6) is -0.380. The van der Waals surface area contributed by atoms with Crippen LogP contribution < -0.4 is 56.3 Å². The molecule has 0 radical (unpaired) electrons. The Morgan fingerprint density at radius 1 is 0.760 bits per heavy atom. The predicted octanol–water partition coefficient (Wildman–Crippen LogP) is -6.12. The molecule has 0 aliphatic carbocycles. The summed E-state index contributed by atoms with van der Waals surface area (Å²) in [6.07, 6.45) is 0. The first-order valence-electron chi connectivity index (χ1n) is 6.60. The zero-order valence-electron chi connectivity index (χ0n) is 13.1. The molecule has 1 heterocycles. The van der Waals surface area contributed by atoms with Crippen molar-refractivity contribution in [2.24, 2.45) is 44.6 Å². The Kier molecular flexibility index (Phi) is 7.84. The fourth-order valence-corrected chi connectivity index (χ4v) is 1.71. The molecule has 1 aliphatic heterocycles. The molecule has 0 aromatic carbocycles. The molecule has 0 bridgehead atoms. The van der Waals surface area contributed by atoms with Crippen molar-refractivity contribution >= 4 is 46.6 Å². The van der Waals surface area contributed by atoms with E-state index in [0.29, 0.717) is 13.1 Å². The van der Waals surface area contributed by atoms with Crippen LogP contribution in [0, 0.1) is 0 Å². The minimum atomic E-state index is -0.190. The molecule has 0 aromatic rings. The zero-order valence-corrected chi connectivity index (χ0v) is 14.7. The van der Waals surface area contributed by atoms with E-state index >= 15 is 0 Å². The minimum Gasteiger partial charge on any atom is -0.375 e. The molecular formula is C7H22N16S2. The van der Waals surface area contributed by atoms with Gasteiger partial charge in [-0.15, -0.1) is 31.7 Å². The van der Waals surface area contributed by atoms with Crippen LogP contribution in [-0.2, 0) is 0 Å². The van der Waals surface area contributed by atoms with Gasteiger partial charge in [0.15, 0.2) is 10.2 Å². The first-order valence-corrected chi connectivity index (χ1v) is 7.42. The van der Waals surface area contributed by atoms with Gasteiger partial charge in [-0.3, -0.25) is 10.9 Å². The highest BCUT2D eigenvalue weighted by molar-refractivity contribution is 7.80. The third-order valence-electron chi connectivity index (χ3n) is 2.46. The molecule has 0 aromatic heterocycles. The number of nitrogens with zero attached hydrogens (tertiary/aromatic N) is 6. The van der Waals surface area contributed by atoms with Crippen molar-refractivity contribution in [3.8, 4) is 0 Å². The third-order valence-corrected chi connectivity index (χ3v) is 2.66. The van der Waals surface area contributed by atoms with E-state index in [1.54, 1.807) is 10.0 Å².